The van der Waals surface area contributed by atoms with E-state index in [0.717, 1.165) is 37.3 Å². The molecule has 0 aromatic carbocycles. The van der Waals surface area contributed by atoms with Gasteiger partial charge in [0.2, 0.25) is 0 Å². The van der Waals surface area contributed by atoms with Gasteiger partial charge in [0.1, 0.15) is 11.2 Å². The van der Waals surface area contributed by atoms with Crippen molar-refractivity contribution in [3.8, 4) is 5.75 Å². The predicted octanol–water partition coefficient (Wildman–Crippen LogP) is 2.00. The highest BCUT2D eigenvalue weighted by molar-refractivity contribution is 5.95. The van der Waals surface area contributed by atoms with Crippen LogP contribution in [0.15, 0.2) is 24.4 Å². The number of carbonyl (C=O) groups excluding carboxylic acids is 2. The molecule has 2 aromatic rings. The van der Waals surface area contributed by atoms with Crippen LogP contribution in [0.25, 0.3) is 0 Å². The second-order valence-corrected chi connectivity index (χ2v) is 7.38. The fourth-order valence-corrected chi connectivity index (χ4v) is 4.21. The molecule has 29 heavy (non-hydrogen) atoms. The van der Waals surface area contributed by atoms with Gasteiger partial charge in [0.25, 0.3) is 5.91 Å². The molecule has 1 unspecified atom stereocenters. The minimum Gasteiger partial charge on any atom is -0.469 e. The van der Waals surface area contributed by atoms with E-state index in [1.54, 1.807) is 24.4 Å². The van der Waals surface area contributed by atoms with E-state index in [1.165, 1.54) is 11.6 Å². The first-order valence-corrected chi connectivity index (χ1v) is 9.86. The molecular formula is C20H26N6O3. The van der Waals surface area contributed by atoms with Crippen molar-refractivity contribution in [3.63, 3.8) is 0 Å². The number of nitrogens with zero attached hydrogens (tertiary/aromatic N) is 4. The highest BCUT2D eigenvalue weighted by atomic mass is 16.5. The number of fused-ring (bicyclic) bond motifs is 1. The second-order valence-electron chi connectivity index (χ2n) is 7.38. The zero-order chi connectivity index (χ0) is 20.7. The van der Waals surface area contributed by atoms with Gasteiger partial charge in [-0.2, -0.15) is 0 Å². The molecule has 4 rings (SSSR count). The molecule has 0 radical (unpaired) electrons. The summed E-state index contributed by atoms with van der Waals surface area (Å²) in [7, 11) is 3.38. The molecule has 4 heterocycles. The van der Waals surface area contributed by atoms with Gasteiger partial charge in [-0.05, 0) is 25.3 Å². The number of amides is 2. The van der Waals surface area contributed by atoms with Crippen LogP contribution < -0.4 is 20.4 Å². The summed E-state index contributed by atoms with van der Waals surface area (Å²) in [6.07, 6.45) is 4.61. The van der Waals surface area contributed by atoms with Crippen molar-refractivity contribution in [2.45, 2.75) is 32.2 Å². The summed E-state index contributed by atoms with van der Waals surface area (Å²) >= 11 is 0. The van der Waals surface area contributed by atoms with Crippen LogP contribution in [-0.4, -0.2) is 52.3 Å². The van der Waals surface area contributed by atoms with E-state index in [9.17, 15) is 9.59 Å². The lowest BCUT2D eigenvalue weighted by Crippen LogP contribution is -2.36. The Morgan fingerprint density at radius 2 is 2.14 bits per heavy atom. The molecule has 0 spiro atoms. The molecule has 0 bridgehead atoms. The minimum atomic E-state index is -0.372. The van der Waals surface area contributed by atoms with Crippen molar-refractivity contribution in [2.75, 3.05) is 25.2 Å². The molecule has 1 saturated heterocycles. The molecular weight excluding hydrogens is 372 g/mol. The molecule has 2 N–H and O–H groups in total. The third kappa shape index (κ3) is 3.06. The first kappa shape index (κ1) is 19.1. The van der Waals surface area contributed by atoms with Crippen LogP contribution in [0.1, 0.15) is 36.7 Å². The Balaban J connectivity index is 1.66. The van der Waals surface area contributed by atoms with E-state index < -0.39 is 0 Å². The lowest BCUT2D eigenvalue weighted by Gasteiger charge is -2.25. The maximum atomic E-state index is 13.1. The average molecular weight is 398 g/mol. The minimum absolute atomic E-state index is 0.0292. The number of anilines is 2. The summed E-state index contributed by atoms with van der Waals surface area (Å²) in [5.74, 6) is 1.46. The molecule has 154 valence electrons. The Hall–Kier alpha value is -3.23. The van der Waals surface area contributed by atoms with Crippen molar-refractivity contribution in [3.05, 3.63) is 35.6 Å². The van der Waals surface area contributed by atoms with Gasteiger partial charge in [0, 0.05) is 45.0 Å². The van der Waals surface area contributed by atoms with Crippen molar-refractivity contribution < 1.29 is 14.3 Å². The van der Waals surface area contributed by atoms with E-state index >= 15 is 0 Å². The Bertz CT molecular complexity index is 1020. The maximum absolute atomic E-state index is 13.1. The summed E-state index contributed by atoms with van der Waals surface area (Å²) in [5.41, 5.74) is 1.38. The van der Waals surface area contributed by atoms with Crippen LogP contribution in [0.5, 0.6) is 5.75 Å². The van der Waals surface area contributed by atoms with Crippen LogP contribution >= 0.6 is 0 Å². The van der Waals surface area contributed by atoms with Crippen LogP contribution in [0.3, 0.4) is 0 Å². The third-order valence-electron chi connectivity index (χ3n) is 5.78. The lowest BCUT2D eigenvalue weighted by molar-refractivity contribution is 0.0723. The van der Waals surface area contributed by atoms with E-state index in [1.807, 2.05) is 21.4 Å². The molecule has 0 aliphatic carbocycles. The summed E-state index contributed by atoms with van der Waals surface area (Å²) in [4.78, 5) is 28.8. The van der Waals surface area contributed by atoms with E-state index in [-0.39, 0.29) is 24.2 Å². The van der Waals surface area contributed by atoms with Gasteiger partial charge < -0.3 is 19.5 Å². The molecule has 2 aromatic heterocycles. The Kier molecular flexibility index (Phi) is 4.81. The highest BCUT2D eigenvalue weighted by Crippen LogP contribution is 2.41. The second kappa shape index (κ2) is 7.31. The van der Waals surface area contributed by atoms with Crippen LogP contribution in [0.4, 0.5) is 16.3 Å². The van der Waals surface area contributed by atoms with Gasteiger partial charge in [-0.3, -0.25) is 19.7 Å². The quantitative estimate of drug-likeness (QED) is 0.827. The number of likely N-dealkylation sites (tertiary alicyclic amines) is 1. The summed E-state index contributed by atoms with van der Waals surface area (Å²) < 4.78 is 8.90. The van der Waals surface area contributed by atoms with Gasteiger partial charge in [-0.1, -0.05) is 6.92 Å². The number of carbonyl (C=O) groups is 2. The number of hydrogen-bond acceptors (Lipinski definition) is 5. The van der Waals surface area contributed by atoms with Crippen molar-refractivity contribution in [1.29, 1.82) is 5.41 Å². The number of ether oxygens (including phenoxy) is 1. The van der Waals surface area contributed by atoms with Gasteiger partial charge in [0.15, 0.2) is 18.3 Å². The summed E-state index contributed by atoms with van der Waals surface area (Å²) in [5, 5.41) is 10.7. The Morgan fingerprint density at radius 3 is 2.83 bits per heavy atom. The van der Waals surface area contributed by atoms with Crippen molar-refractivity contribution in [1.82, 2.24) is 19.4 Å². The third-order valence-corrected chi connectivity index (χ3v) is 5.78. The molecule has 2 aliphatic rings. The molecule has 2 amide bonds. The van der Waals surface area contributed by atoms with Crippen LogP contribution in [0.2, 0.25) is 0 Å². The number of nitrogens with one attached hydrogen (secondary N) is 2. The molecule has 0 saturated carbocycles. The van der Waals surface area contributed by atoms with Gasteiger partial charge in [0.05, 0.1) is 5.69 Å². The fourth-order valence-electron chi connectivity index (χ4n) is 4.21. The smallest absolute Gasteiger partial charge is 0.326 e. The van der Waals surface area contributed by atoms with Crippen molar-refractivity contribution >= 4 is 23.4 Å². The molecule has 2 aliphatic heterocycles. The Labute approximate surface area is 169 Å². The van der Waals surface area contributed by atoms with Crippen LogP contribution in [-0.2, 0) is 7.05 Å². The number of hydrogen-bond donors (Lipinski definition) is 2. The van der Waals surface area contributed by atoms with E-state index in [4.69, 9.17) is 10.1 Å². The fraction of sp³-hybridized carbons (Fsp3) is 0.450. The monoisotopic (exact) mass is 398 g/mol. The standard InChI is InChI=1S/C20H26N6O3/c1-4-13-6-5-8-24(13)19(27)15-11-16-18(23(15)3)26(12-29-16)14-7-9-25(17(21)10-14)20(28)22-2/h7,9-11,13,21H,4-6,8,12H2,1-3H3,(H,22,28). The maximum Gasteiger partial charge on any atom is 0.326 e. The first-order valence-electron chi connectivity index (χ1n) is 9.86. The first-order chi connectivity index (χ1) is 14.0. The summed E-state index contributed by atoms with van der Waals surface area (Å²) in [6.45, 7) is 3.20. The van der Waals surface area contributed by atoms with Crippen molar-refractivity contribution in [2.24, 2.45) is 7.05 Å². The largest absolute Gasteiger partial charge is 0.469 e. The number of aromatic nitrogens is 2. The zero-order valence-electron chi connectivity index (χ0n) is 16.9. The lowest BCUT2D eigenvalue weighted by atomic mass is 10.1. The Morgan fingerprint density at radius 1 is 1.34 bits per heavy atom. The summed E-state index contributed by atoms with van der Waals surface area (Å²) in [6, 6.07) is 5.09. The topological polar surface area (TPSA) is 95.6 Å². The molecule has 9 heteroatoms. The van der Waals surface area contributed by atoms with Gasteiger partial charge in [-0.25, -0.2) is 4.79 Å². The van der Waals surface area contributed by atoms with E-state index in [2.05, 4.69) is 12.2 Å². The number of pyridine rings is 1. The van der Waals surface area contributed by atoms with Crippen LogP contribution in [0, 0.1) is 5.41 Å². The zero-order valence-corrected chi connectivity index (χ0v) is 16.9. The van der Waals surface area contributed by atoms with E-state index in [0.29, 0.717) is 17.5 Å². The SMILES string of the molecule is CCC1CCCN1C(=O)c1cc2c(n1C)N(c1ccn(C(=O)NC)c(=N)c1)CO2. The molecule has 1 atom stereocenters. The molecule has 1 fully saturated rings. The average Bonchev–Trinajstić information content (AvgIpc) is 3.43. The van der Waals surface area contributed by atoms with Gasteiger partial charge >= 0.3 is 6.03 Å². The number of rotatable bonds is 3. The van der Waals surface area contributed by atoms with Gasteiger partial charge in [-0.15, -0.1) is 0 Å². The predicted molar refractivity (Wildman–Crippen MR) is 108 cm³/mol. The highest BCUT2D eigenvalue weighted by Gasteiger charge is 2.34. The normalized spacial score (nSPS) is 18.0. The molecule has 9 nitrogen and oxygen atoms in total.